The number of hydrogen-bond donors (Lipinski definition) is 3. The lowest BCUT2D eigenvalue weighted by Gasteiger charge is -2.20. The van der Waals surface area contributed by atoms with Gasteiger partial charge in [-0.3, -0.25) is 9.59 Å². The summed E-state index contributed by atoms with van der Waals surface area (Å²) in [6, 6.07) is -0.626. The van der Waals surface area contributed by atoms with Gasteiger partial charge in [-0.25, -0.2) is 0 Å². The summed E-state index contributed by atoms with van der Waals surface area (Å²) in [6.07, 6.45) is 79.5. The molecule has 0 aromatic carbocycles. The molecule has 0 fully saturated rings. The fraction of sp³-hybridized carbons (Fsp3) is 0.912. The van der Waals surface area contributed by atoms with Crippen molar-refractivity contribution in [2.75, 3.05) is 13.2 Å². The lowest BCUT2D eigenvalue weighted by Crippen LogP contribution is -2.45. The smallest absolute Gasteiger partial charge is 0.305 e. The standard InChI is InChI=1S/C68H131NO5/c1-3-5-7-9-11-13-15-17-19-29-34-38-42-46-50-54-58-62-68(73)74-63-59-55-51-47-43-39-35-31-28-26-24-22-20-21-23-25-27-30-33-37-41-45-49-53-57-61-67(72)69-65(64-70)66(71)60-56-52-48-44-40-36-32-18-16-14-12-10-8-6-4-2/h17,19,56,60,65-66,70-71H,3-16,18,20-55,57-59,61-64H2,1-2H3,(H,69,72)/b19-17-,60-56+. The van der Waals surface area contributed by atoms with Crippen molar-refractivity contribution < 1.29 is 24.5 Å². The van der Waals surface area contributed by atoms with Crippen LogP contribution in [0.5, 0.6) is 0 Å². The number of esters is 1. The second kappa shape index (κ2) is 63.9. The molecule has 2 unspecified atom stereocenters. The Hall–Kier alpha value is -1.66. The highest BCUT2D eigenvalue weighted by atomic mass is 16.5. The number of ether oxygens (including phenoxy) is 1. The average molecular weight is 1040 g/mol. The Morgan fingerprint density at radius 3 is 0.959 bits per heavy atom. The molecule has 0 bridgehead atoms. The van der Waals surface area contributed by atoms with Gasteiger partial charge >= 0.3 is 5.97 Å². The maximum absolute atomic E-state index is 12.5. The summed E-state index contributed by atoms with van der Waals surface area (Å²) < 4.78 is 5.50. The lowest BCUT2D eigenvalue weighted by atomic mass is 10.0. The normalized spacial score (nSPS) is 12.6. The second-order valence-electron chi connectivity index (χ2n) is 23.2. The van der Waals surface area contributed by atoms with E-state index in [1.807, 2.05) is 6.08 Å². The number of aliphatic hydroxyl groups excluding tert-OH is 2. The molecule has 0 saturated heterocycles. The monoisotopic (exact) mass is 1040 g/mol. The topological polar surface area (TPSA) is 95.9 Å². The van der Waals surface area contributed by atoms with E-state index in [4.69, 9.17) is 4.74 Å². The first-order valence-corrected chi connectivity index (χ1v) is 33.6. The molecule has 0 rings (SSSR count). The first kappa shape index (κ1) is 72.3. The van der Waals surface area contributed by atoms with Crippen LogP contribution in [-0.4, -0.2) is 47.4 Å². The summed E-state index contributed by atoms with van der Waals surface area (Å²) in [5, 5.41) is 23.2. The van der Waals surface area contributed by atoms with E-state index in [2.05, 4.69) is 31.3 Å². The van der Waals surface area contributed by atoms with Crippen LogP contribution in [0.1, 0.15) is 373 Å². The Bertz CT molecular complexity index is 1150. The molecule has 2 atom stereocenters. The fourth-order valence-corrected chi connectivity index (χ4v) is 10.6. The van der Waals surface area contributed by atoms with Crippen LogP contribution in [0.25, 0.3) is 0 Å². The molecule has 6 heteroatoms. The van der Waals surface area contributed by atoms with E-state index in [0.717, 1.165) is 44.9 Å². The first-order valence-electron chi connectivity index (χ1n) is 33.6. The van der Waals surface area contributed by atoms with E-state index in [0.29, 0.717) is 19.4 Å². The molecule has 0 radical (unpaired) electrons. The number of amides is 1. The van der Waals surface area contributed by atoms with Crippen molar-refractivity contribution in [2.45, 2.75) is 386 Å². The van der Waals surface area contributed by atoms with Gasteiger partial charge in [-0.1, -0.05) is 327 Å². The summed E-state index contributed by atoms with van der Waals surface area (Å²) in [5.74, 6) is -0.0509. The van der Waals surface area contributed by atoms with Gasteiger partial charge in [0.1, 0.15) is 0 Å². The minimum atomic E-state index is -0.843. The van der Waals surface area contributed by atoms with Crippen LogP contribution in [0.2, 0.25) is 0 Å². The molecule has 0 aliphatic heterocycles. The zero-order valence-corrected chi connectivity index (χ0v) is 50.1. The van der Waals surface area contributed by atoms with Crippen molar-refractivity contribution in [2.24, 2.45) is 0 Å². The Labute approximate surface area is 462 Å². The third kappa shape index (κ3) is 59.6. The molecule has 1 amide bonds. The number of rotatable bonds is 63. The largest absolute Gasteiger partial charge is 0.466 e. The van der Waals surface area contributed by atoms with Crippen LogP contribution in [0.4, 0.5) is 0 Å². The van der Waals surface area contributed by atoms with Gasteiger partial charge in [-0.15, -0.1) is 0 Å². The maximum atomic E-state index is 12.5. The quantitative estimate of drug-likeness (QED) is 0.0320. The van der Waals surface area contributed by atoms with E-state index in [1.165, 1.54) is 302 Å². The third-order valence-corrected chi connectivity index (χ3v) is 15.7. The molecule has 0 aromatic rings. The third-order valence-electron chi connectivity index (χ3n) is 15.7. The number of aliphatic hydroxyl groups is 2. The van der Waals surface area contributed by atoms with Gasteiger partial charge in [-0.2, -0.15) is 0 Å². The molecule has 438 valence electrons. The molecule has 0 saturated carbocycles. The average Bonchev–Trinajstić information content (AvgIpc) is 3.40. The molecule has 0 spiro atoms. The van der Waals surface area contributed by atoms with Crippen LogP contribution < -0.4 is 5.32 Å². The highest BCUT2D eigenvalue weighted by Gasteiger charge is 2.18. The minimum Gasteiger partial charge on any atom is -0.466 e. The number of hydrogen-bond acceptors (Lipinski definition) is 5. The van der Waals surface area contributed by atoms with Crippen molar-refractivity contribution in [3.05, 3.63) is 24.3 Å². The Kier molecular flexibility index (Phi) is 62.4. The van der Waals surface area contributed by atoms with E-state index in [1.54, 1.807) is 6.08 Å². The van der Waals surface area contributed by atoms with Crippen LogP contribution in [0.3, 0.4) is 0 Å². The molecule has 74 heavy (non-hydrogen) atoms. The van der Waals surface area contributed by atoms with Crippen molar-refractivity contribution in [1.82, 2.24) is 5.32 Å². The van der Waals surface area contributed by atoms with E-state index in [9.17, 15) is 19.8 Å². The van der Waals surface area contributed by atoms with Gasteiger partial charge in [-0.05, 0) is 57.8 Å². The maximum Gasteiger partial charge on any atom is 0.305 e. The molecule has 0 aliphatic carbocycles. The number of carbonyl (C=O) groups excluding carboxylic acids is 2. The Morgan fingerprint density at radius 2 is 0.635 bits per heavy atom. The number of unbranched alkanes of at least 4 members (excludes halogenated alkanes) is 50. The number of allylic oxidation sites excluding steroid dienone is 3. The Balaban J connectivity index is 3.36. The zero-order chi connectivity index (χ0) is 53.6. The summed E-state index contributed by atoms with van der Waals surface area (Å²) in [4.78, 5) is 24.6. The number of carbonyl (C=O) groups is 2. The summed E-state index contributed by atoms with van der Waals surface area (Å²) >= 11 is 0. The lowest BCUT2D eigenvalue weighted by molar-refractivity contribution is -0.143. The summed E-state index contributed by atoms with van der Waals surface area (Å²) in [7, 11) is 0. The Morgan fingerprint density at radius 1 is 0.365 bits per heavy atom. The van der Waals surface area contributed by atoms with E-state index in [-0.39, 0.29) is 18.5 Å². The molecule has 0 heterocycles. The number of nitrogens with one attached hydrogen (secondary N) is 1. The van der Waals surface area contributed by atoms with Gasteiger partial charge in [0.15, 0.2) is 0 Å². The van der Waals surface area contributed by atoms with Gasteiger partial charge in [0.05, 0.1) is 25.4 Å². The van der Waals surface area contributed by atoms with Crippen molar-refractivity contribution in [1.29, 1.82) is 0 Å². The molecular weight excluding hydrogens is 911 g/mol. The molecule has 3 N–H and O–H groups in total. The molecule has 0 aromatic heterocycles. The van der Waals surface area contributed by atoms with Crippen molar-refractivity contribution >= 4 is 11.9 Å². The predicted molar refractivity (Wildman–Crippen MR) is 324 cm³/mol. The zero-order valence-electron chi connectivity index (χ0n) is 50.1. The molecule has 6 nitrogen and oxygen atoms in total. The van der Waals surface area contributed by atoms with Gasteiger partial charge < -0.3 is 20.3 Å². The van der Waals surface area contributed by atoms with E-state index >= 15 is 0 Å². The first-order chi connectivity index (χ1) is 36.5. The molecule has 0 aliphatic rings. The summed E-state index contributed by atoms with van der Waals surface area (Å²) in [5.41, 5.74) is 0. The van der Waals surface area contributed by atoms with Gasteiger partial charge in [0, 0.05) is 12.8 Å². The van der Waals surface area contributed by atoms with Gasteiger partial charge in [0.2, 0.25) is 5.91 Å². The SMILES string of the molecule is CCCCCCCC/C=C\CCCCCCCCCC(=O)OCCCCCCCCCCCCCCCCCCCCCCCCCCCC(=O)NC(CO)C(O)/C=C/CCCCCCCCCCCCCCC. The van der Waals surface area contributed by atoms with Crippen molar-refractivity contribution in [3.63, 3.8) is 0 Å². The van der Waals surface area contributed by atoms with Crippen molar-refractivity contribution in [3.8, 4) is 0 Å². The van der Waals surface area contributed by atoms with Crippen LogP contribution in [0, 0.1) is 0 Å². The fourth-order valence-electron chi connectivity index (χ4n) is 10.6. The highest BCUT2D eigenvalue weighted by Crippen LogP contribution is 2.18. The van der Waals surface area contributed by atoms with Gasteiger partial charge in [0.25, 0.3) is 0 Å². The van der Waals surface area contributed by atoms with Crippen LogP contribution in [-0.2, 0) is 14.3 Å². The summed E-state index contributed by atoms with van der Waals surface area (Å²) in [6.45, 7) is 4.93. The highest BCUT2D eigenvalue weighted by molar-refractivity contribution is 5.76. The van der Waals surface area contributed by atoms with E-state index < -0.39 is 12.1 Å². The molecular formula is C68H131NO5. The predicted octanol–water partition coefficient (Wildman–Crippen LogP) is 21.4. The van der Waals surface area contributed by atoms with Crippen LogP contribution >= 0.6 is 0 Å². The van der Waals surface area contributed by atoms with Crippen LogP contribution in [0.15, 0.2) is 24.3 Å². The minimum absolute atomic E-state index is 0.0132. The second-order valence-corrected chi connectivity index (χ2v) is 23.2.